The second-order valence-electron chi connectivity index (χ2n) is 6.33. The number of halogens is 1. The van der Waals surface area contributed by atoms with Gasteiger partial charge in [0, 0.05) is 16.5 Å². The fraction of sp³-hybridized carbons (Fsp3) is 0.130. The summed E-state index contributed by atoms with van der Waals surface area (Å²) in [5, 5.41) is 2.77. The van der Waals surface area contributed by atoms with Crippen LogP contribution < -0.4 is 5.32 Å². The van der Waals surface area contributed by atoms with Crippen molar-refractivity contribution >= 4 is 27.8 Å². The lowest BCUT2D eigenvalue weighted by atomic mass is 10.0. The van der Waals surface area contributed by atoms with Crippen LogP contribution in [0.1, 0.15) is 15.9 Å². The Morgan fingerprint density at radius 1 is 0.929 bits per heavy atom. The van der Waals surface area contributed by atoms with Crippen molar-refractivity contribution in [1.29, 1.82) is 0 Å². The van der Waals surface area contributed by atoms with Gasteiger partial charge in [-0.1, -0.05) is 76.6 Å². The fourth-order valence-corrected chi connectivity index (χ4v) is 3.31. The minimum atomic E-state index is -0.765. The quantitative estimate of drug-likeness (QED) is 0.571. The number of carbonyl (C=O) groups is 2. The fourth-order valence-electron chi connectivity index (χ4n) is 2.91. The van der Waals surface area contributed by atoms with Crippen molar-refractivity contribution in [3.63, 3.8) is 0 Å². The summed E-state index contributed by atoms with van der Waals surface area (Å²) in [6.45, 7) is 0. The topological polar surface area (TPSA) is 55.4 Å². The van der Waals surface area contributed by atoms with Crippen molar-refractivity contribution in [1.82, 2.24) is 5.32 Å². The molecule has 0 fully saturated rings. The molecule has 0 unspecified atom stereocenters. The molecule has 0 aliphatic carbocycles. The molecule has 1 amide bonds. The van der Waals surface area contributed by atoms with Crippen LogP contribution in [0.2, 0.25) is 0 Å². The van der Waals surface area contributed by atoms with Crippen molar-refractivity contribution < 1.29 is 14.3 Å². The number of hydrogen-bond acceptors (Lipinski definition) is 3. The van der Waals surface area contributed by atoms with E-state index in [1.54, 1.807) is 18.2 Å². The van der Waals surface area contributed by atoms with Gasteiger partial charge in [-0.3, -0.25) is 4.79 Å². The Balaban J connectivity index is 1.74. The Bertz CT molecular complexity index is 955. The largest absolute Gasteiger partial charge is 0.467 e. The van der Waals surface area contributed by atoms with E-state index < -0.39 is 12.0 Å². The van der Waals surface area contributed by atoms with Gasteiger partial charge in [0.05, 0.1) is 7.11 Å². The number of amides is 1. The van der Waals surface area contributed by atoms with Gasteiger partial charge < -0.3 is 10.1 Å². The average molecular weight is 438 g/mol. The van der Waals surface area contributed by atoms with Gasteiger partial charge in [-0.25, -0.2) is 4.79 Å². The van der Waals surface area contributed by atoms with Gasteiger partial charge in [0.2, 0.25) is 0 Å². The molecule has 0 aliphatic heterocycles. The van der Waals surface area contributed by atoms with Gasteiger partial charge in [0.25, 0.3) is 5.91 Å². The van der Waals surface area contributed by atoms with Crippen molar-refractivity contribution in [2.24, 2.45) is 0 Å². The van der Waals surface area contributed by atoms with E-state index >= 15 is 0 Å². The summed E-state index contributed by atoms with van der Waals surface area (Å²) < 4.78 is 5.67. The van der Waals surface area contributed by atoms with E-state index in [0.717, 1.165) is 21.2 Å². The molecule has 0 heterocycles. The van der Waals surface area contributed by atoms with Crippen LogP contribution in [0.15, 0.2) is 83.3 Å². The Kier molecular flexibility index (Phi) is 6.61. The van der Waals surface area contributed by atoms with E-state index in [-0.39, 0.29) is 5.91 Å². The maximum absolute atomic E-state index is 12.5. The second kappa shape index (κ2) is 9.33. The minimum absolute atomic E-state index is 0.322. The molecule has 5 heteroatoms. The van der Waals surface area contributed by atoms with Crippen LogP contribution >= 0.6 is 15.9 Å². The first-order chi connectivity index (χ1) is 13.6. The lowest BCUT2D eigenvalue weighted by Gasteiger charge is -2.17. The van der Waals surface area contributed by atoms with Crippen LogP contribution in [0.5, 0.6) is 0 Å². The number of rotatable bonds is 6. The van der Waals surface area contributed by atoms with E-state index in [2.05, 4.69) is 21.2 Å². The highest BCUT2D eigenvalue weighted by atomic mass is 79.9. The van der Waals surface area contributed by atoms with E-state index in [1.807, 2.05) is 60.7 Å². The molecule has 3 aromatic rings. The van der Waals surface area contributed by atoms with Crippen molar-refractivity contribution in [2.45, 2.75) is 12.5 Å². The van der Waals surface area contributed by atoms with Gasteiger partial charge in [-0.2, -0.15) is 0 Å². The maximum atomic E-state index is 12.5. The minimum Gasteiger partial charge on any atom is -0.467 e. The first kappa shape index (κ1) is 19.8. The van der Waals surface area contributed by atoms with E-state index in [1.165, 1.54) is 7.11 Å². The number of nitrogens with one attached hydrogen (secondary N) is 1. The molecular weight excluding hydrogens is 418 g/mol. The molecule has 1 N–H and O–H groups in total. The number of ether oxygens (including phenoxy) is 1. The number of hydrogen-bond donors (Lipinski definition) is 1. The van der Waals surface area contributed by atoms with Crippen molar-refractivity contribution in [3.05, 3.63) is 94.5 Å². The summed E-state index contributed by atoms with van der Waals surface area (Å²) in [5.74, 6) is -0.798. The Morgan fingerprint density at radius 2 is 1.61 bits per heavy atom. The molecule has 0 spiro atoms. The number of carbonyl (C=O) groups excluding carboxylic acids is 2. The Morgan fingerprint density at radius 3 is 2.25 bits per heavy atom. The highest BCUT2D eigenvalue weighted by Gasteiger charge is 2.22. The SMILES string of the molecule is COC(=O)[C@@H](Cc1ccc(-c2ccccc2)cc1)NC(=O)c1cccc(Br)c1. The molecule has 0 saturated heterocycles. The molecule has 4 nitrogen and oxygen atoms in total. The first-order valence-electron chi connectivity index (χ1n) is 8.85. The zero-order valence-electron chi connectivity index (χ0n) is 15.4. The Hall–Kier alpha value is -2.92. The van der Waals surface area contributed by atoms with Crippen LogP contribution in [-0.4, -0.2) is 25.0 Å². The number of benzene rings is 3. The summed E-state index contributed by atoms with van der Waals surface area (Å²) in [5.41, 5.74) is 3.63. The third kappa shape index (κ3) is 5.08. The third-order valence-electron chi connectivity index (χ3n) is 4.38. The highest BCUT2D eigenvalue weighted by Crippen LogP contribution is 2.20. The molecule has 142 valence electrons. The van der Waals surface area contributed by atoms with Gasteiger partial charge in [-0.05, 0) is 34.9 Å². The van der Waals surface area contributed by atoms with E-state index in [9.17, 15) is 9.59 Å². The Labute approximate surface area is 172 Å². The molecule has 1 atom stereocenters. The van der Waals surface area contributed by atoms with E-state index in [4.69, 9.17) is 4.74 Å². The summed E-state index contributed by atoms with van der Waals surface area (Å²) in [4.78, 5) is 24.7. The van der Waals surface area contributed by atoms with Crippen LogP contribution in [0, 0.1) is 0 Å². The van der Waals surface area contributed by atoms with Crippen LogP contribution in [0.3, 0.4) is 0 Å². The van der Waals surface area contributed by atoms with Crippen molar-refractivity contribution in [2.75, 3.05) is 7.11 Å². The molecule has 0 saturated carbocycles. The first-order valence-corrected chi connectivity index (χ1v) is 9.65. The van der Waals surface area contributed by atoms with Crippen molar-refractivity contribution in [3.8, 4) is 11.1 Å². The molecular formula is C23H20BrNO3. The smallest absolute Gasteiger partial charge is 0.328 e. The summed E-state index contributed by atoms with van der Waals surface area (Å²) in [6.07, 6.45) is 0.349. The second-order valence-corrected chi connectivity index (χ2v) is 7.24. The van der Waals surface area contributed by atoms with Crippen LogP contribution in [0.25, 0.3) is 11.1 Å². The third-order valence-corrected chi connectivity index (χ3v) is 4.87. The standard InChI is InChI=1S/C23H20BrNO3/c1-28-23(27)21(25-22(26)19-8-5-9-20(24)15-19)14-16-10-12-18(13-11-16)17-6-3-2-4-7-17/h2-13,15,21H,14H2,1H3,(H,25,26)/t21-/m1/s1. The lowest BCUT2D eigenvalue weighted by Crippen LogP contribution is -2.43. The van der Waals surface area contributed by atoms with Crippen LogP contribution in [-0.2, 0) is 16.0 Å². The zero-order chi connectivity index (χ0) is 19.9. The molecule has 28 heavy (non-hydrogen) atoms. The number of methoxy groups -OCH3 is 1. The summed E-state index contributed by atoms with van der Waals surface area (Å²) in [6, 6.07) is 24.2. The predicted molar refractivity (Wildman–Crippen MR) is 113 cm³/mol. The molecule has 0 aromatic heterocycles. The zero-order valence-corrected chi connectivity index (χ0v) is 17.0. The maximum Gasteiger partial charge on any atom is 0.328 e. The van der Waals surface area contributed by atoms with E-state index in [0.29, 0.717) is 12.0 Å². The van der Waals surface area contributed by atoms with Gasteiger partial charge in [-0.15, -0.1) is 0 Å². The molecule has 0 radical (unpaired) electrons. The molecule has 3 aromatic carbocycles. The monoisotopic (exact) mass is 437 g/mol. The summed E-state index contributed by atoms with van der Waals surface area (Å²) in [7, 11) is 1.32. The summed E-state index contributed by atoms with van der Waals surface area (Å²) >= 11 is 3.35. The predicted octanol–water partition coefficient (Wildman–Crippen LogP) is 4.63. The molecule has 3 rings (SSSR count). The normalized spacial score (nSPS) is 11.5. The highest BCUT2D eigenvalue weighted by molar-refractivity contribution is 9.10. The number of esters is 1. The lowest BCUT2D eigenvalue weighted by molar-refractivity contribution is -0.142. The average Bonchev–Trinajstić information content (AvgIpc) is 2.73. The van der Waals surface area contributed by atoms with Crippen LogP contribution in [0.4, 0.5) is 0 Å². The molecule has 0 bridgehead atoms. The van der Waals surface area contributed by atoms with Gasteiger partial charge >= 0.3 is 5.97 Å². The van der Waals surface area contributed by atoms with Gasteiger partial charge in [0.15, 0.2) is 0 Å². The molecule has 0 aliphatic rings. The van der Waals surface area contributed by atoms with Gasteiger partial charge in [0.1, 0.15) is 6.04 Å².